The van der Waals surface area contributed by atoms with Gasteiger partial charge in [0.15, 0.2) is 0 Å². The molecule has 0 fully saturated rings. The normalized spacial score (nSPS) is 12.8. The Balaban J connectivity index is 2.49. The summed E-state index contributed by atoms with van der Waals surface area (Å²) >= 11 is 6.12. The SMILES string of the molecule is C[C@@H](N)c1ccc(OCCCN(C)C)c(Cl)c1. The van der Waals surface area contributed by atoms with Crippen LogP contribution in [0.4, 0.5) is 0 Å². The van der Waals surface area contributed by atoms with E-state index in [1.165, 1.54) is 0 Å². The lowest BCUT2D eigenvalue weighted by Crippen LogP contribution is -2.15. The minimum atomic E-state index is -0.00436. The molecule has 1 atom stereocenters. The van der Waals surface area contributed by atoms with Crippen LogP contribution < -0.4 is 10.5 Å². The fourth-order valence-corrected chi connectivity index (χ4v) is 1.72. The standard InChI is InChI=1S/C13H21ClN2O/c1-10(15)11-5-6-13(12(14)9-11)17-8-4-7-16(2)3/h5-6,9-10H,4,7-8,15H2,1-3H3/t10-/m1/s1. The molecule has 1 aromatic rings. The summed E-state index contributed by atoms with van der Waals surface area (Å²) in [7, 11) is 4.09. The minimum Gasteiger partial charge on any atom is -0.492 e. The van der Waals surface area contributed by atoms with E-state index < -0.39 is 0 Å². The van der Waals surface area contributed by atoms with Gasteiger partial charge in [0.2, 0.25) is 0 Å². The Bertz CT molecular complexity index is 353. The Morgan fingerprint density at radius 2 is 2.12 bits per heavy atom. The molecule has 3 nitrogen and oxygen atoms in total. The van der Waals surface area contributed by atoms with Gasteiger partial charge in [-0.3, -0.25) is 0 Å². The van der Waals surface area contributed by atoms with Gasteiger partial charge < -0.3 is 15.4 Å². The first kappa shape index (κ1) is 14.3. The molecule has 4 heteroatoms. The van der Waals surface area contributed by atoms with Crippen molar-refractivity contribution in [2.75, 3.05) is 27.2 Å². The average molecular weight is 257 g/mol. The first-order chi connectivity index (χ1) is 8.00. The molecule has 0 bridgehead atoms. The van der Waals surface area contributed by atoms with Gasteiger partial charge in [-0.25, -0.2) is 0 Å². The molecule has 0 amide bonds. The van der Waals surface area contributed by atoms with E-state index in [1.54, 1.807) is 0 Å². The lowest BCUT2D eigenvalue weighted by molar-refractivity contribution is 0.281. The second-order valence-corrected chi connectivity index (χ2v) is 4.89. The highest BCUT2D eigenvalue weighted by molar-refractivity contribution is 6.32. The van der Waals surface area contributed by atoms with Crippen molar-refractivity contribution < 1.29 is 4.74 Å². The van der Waals surface area contributed by atoms with Gasteiger partial charge in [-0.1, -0.05) is 17.7 Å². The van der Waals surface area contributed by atoms with Gasteiger partial charge in [0.25, 0.3) is 0 Å². The first-order valence-corrected chi connectivity index (χ1v) is 6.21. The summed E-state index contributed by atoms with van der Waals surface area (Å²) in [5.74, 6) is 0.731. The van der Waals surface area contributed by atoms with Crippen molar-refractivity contribution in [1.82, 2.24) is 4.90 Å². The van der Waals surface area contributed by atoms with E-state index in [1.807, 2.05) is 39.2 Å². The van der Waals surface area contributed by atoms with Crippen molar-refractivity contribution >= 4 is 11.6 Å². The van der Waals surface area contributed by atoms with Gasteiger partial charge >= 0.3 is 0 Å². The number of hydrogen-bond donors (Lipinski definition) is 1. The molecule has 0 spiro atoms. The number of rotatable bonds is 6. The number of benzene rings is 1. The topological polar surface area (TPSA) is 38.5 Å². The Kier molecular flexibility index (Phi) is 5.75. The average Bonchev–Trinajstić information content (AvgIpc) is 2.25. The van der Waals surface area contributed by atoms with E-state index in [2.05, 4.69) is 4.90 Å². The number of halogens is 1. The molecule has 0 aliphatic rings. The molecule has 2 N–H and O–H groups in total. The maximum absolute atomic E-state index is 6.12. The van der Waals surface area contributed by atoms with Crippen LogP contribution in [0.5, 0.6) is 5.75 Å². The fourth-order valence-electron chi connectivity index (χ4n) is 1.48. The lowest BCUT2D eigenvalue weighted by Gasteiger charge is -2.12. The smallest absolute Gasteiger partial charge is 0.137 e. The van der Waals surface area contributed by atoms with Gasteiger partial charge in [-0.15, -0.1) is 0 Å². The predicted octanol–water partition coefficient (Wildman–Crippen LogP) is 2.69. The molecule has 0 aliphatic heterocycles. The third-order valence-electron chi connectivity index (χ3n) is 2.49. The lowest BCUT2D eigenvalue weighted by atomic mass is 10.1. The van der Waals surface area contributed by atoms with E-state index in [4.69, 9.17) is 22.1 Å². The second-order valence-electron chi connectivity index (χ2n) is 4.48. The highest BCUT2D eigenvalue weighted by Gasteiger charge is 2.05. The van der Waals surface area contributed by atoms with Crippen LogP contribution in [0.3, 0.4) is 0 Å². The Hall–Kier alpha value is -0.770. The molecule has 17 heavy (non-hydrogen) atoms. The summed E-state index contributed by atoms with van der Waals surface area (Å²) in [5, 5.41) is 0.629. The number of hydrogen-bond acceptors (Lipinski definition) is 3. The molecule has 96 valence electrons. The minimum absolute atomic E-state index is 0.00436. The molecular formula is C13H21ClN2O. The molecule has 1 aromatic carbocycles. The summed E-state index contributed by atoms with van der Waals surface area (Å²) < 4.78 is 5.62. The highest BCUT2D eigenvalue weighted by atomic mass is 35.5. The van der Waals surface area contributed by atoms with Crippen LogP contribution in [0.15, 0.2) is 18.2 Å². The van der Waals surface area contributed by atoms with Gasteiger partial charge in [-0.05, 0) is 45.1 Å². The van der Waals surface area contributed by atoms with Gasteiger partial charge in [0.1, 0.15) is 5.75 Å². The molecule has 0 unspecified atom stereocenters. The summed E-state index contributed by atoms with van der Waals surface area (Å²) in [6.45, 7) is 3.62. The summed E-state index contributed by atoms with van der Waals surface area (Å²) in [6.07, 6.45) is 0.984. The monoisotopic (exact) mass is 256 g/mol. The van der Waals surface area contributed by atoms with Crippen molar-refractivity contribution in [3.8, 4) is 5.75 Å². The number of nitrogens with two attached hydrogens (primary N) is 1. The van der Waals surface area contributed by atoms with Crippen molar-refractivity contribution in [3.63, 3.8) is 0 Å². The Morgan fingerprint density at radius 3 is 2.65 bits per heavy atom. The van der Waals surface area contributed by atoms with Crippen LogP contribution >= 0.6 is 11.6 Å². The molecular weight excluding hydrogens is 236 g/mol. The van der Waals surface area contributed by atoms with Gasteiger partial charge in [0.05, 0.1) is 11.6 Å². The van der Waals surface area contributed by atoms with Gasteiger partial charge in [-0.2, -0.15) is 0 Å². The van der Waals surface area contributed by atoms with Crippen molar-refractivity contribution in [2.45, 2.75) is 19.4 Å². The summed E-state index contributed by atoms with van der Waals surface area (Å²) in [4.78, 5) is 2.13. The van der Waals surface area contributed by atoms with Crippen molar-refractivity contribution in [2.24, 2.45) is 5.73 Å². The highest BCUT2D eigenvalue weighted by Crippen LogP contribution is 2.27. The van der Waals surface area contributed by atoms with E-state index in [9.17, 15) is 0 Å². The molecule has 0 heterocycles. The molecule has 0 saturated carbocycles. The third-order valence-corrected chi connectivity index (χ3v) is 2.78. The number of ether oxygens (including phenoxy) is 1. The van der Waals surface area contributed by atoms with Crippen LogP contribution in [-0.2, 0) is 0 Å². The molecule has 0 radical (unpaired) electrons. The molecule has 0 aliphatic carbocycles. The molecule has 0 saturated heterocycles. The van der Waals surface area contributed by atoms with Crippen LogP contribution in [0.1, 0.15) is 24.9 Å². The number of nitrogens with zero attached hydrogens (tertiary/aromatic N) is 1. The summed E-state index contributed by atoms with van der Waals surface area (Å²) in [6, 6.07) is 5.71. The zero-order valence-electron chi connectivity index (χ0n) is 10.7. The van der Waals surface area contributed by atoms with Crippen LogP contribution in [0, 0.1) is 0 Å². The Morgan fingerprint density at radius 1 is 1.41 bits per heavy atom. The Labute approximate surface area is 109 Å². The largest absolute Gasteiger partial charge is 0.492 e. The van der Waals surface area contributed by atoms with E-state index in [0.717, 1.165) is 24.3 Å². The second kappa shape index (κ2) is 6.84. The fraction of sp³-hybridized carbons (Fsp3) is 0.538. The summed E-state index contributed by atoms with van der Waals surface area (Å²) in [5.41, 5.74) is 6.81. The van der Waals surface area contributed by atoms with Crippen molar-refractivity contribution in [1.29, 1.82) is 0 Å². The zero-order valence-corrected chi connectivity index (χ0v) is 11.5. The van der Waals surface area contributed by atoms with Crippen LogP contribution in [0.2, 0.25) is 5.02 Å². The molecule has 0 aromatic heterocycles. The molecule has 1 rings (SSSR count). The van der Waals surface area contributed by atoms with Gasteiger partial charge in [0, 0.05) is 12.6 Å². The maximum atomic E-state index is 6.12. The quantitative estimate of drug-likeness (QED) is 0.796. The predicted molar refractivity (Wildman–Crippen MR) is 72.7 cm³/mol. The van der Waals surface area contributed by atoms with E-state index >= 15 is 0 Å². The maximum Gasteiger partial charge on any atom is 0.137 e. The third kappa shape index (κ3) is 4.94. The van der Waals surface area contributed by atoms with Crippen LogP contribution in [0.25, 0.3) is 0 Å². The van der Waals surface area contributed by atoms with Crippen molar-refractivity contribution in [3.05, 3.63) is 28.8 Å². The van der Waals surface area contributed by atoms with E-state index in [-0.39, 0.29) is 6.04 Å². The zero-order chi connectivity index (χ0) is 12.8. The van der Waals surface area contributed by atoms with Crippen LogP contribution in [-0.4, -0.2) is 32.1 Å². The first-order valence-electron chi connectivity index (χ1n) is 5.83. The van der Waals surface area contributed by atoms with E-state index in [0.29, 0.717) is 11.6 Å².